The number of alkyl halides is 2. The average Bonchev–Trinajstić information content (AvgIpc) is 2.64. The molecule has 1 N–H and O–H groups in total. The maximum absolute atomic E-state index is 13.9. The third kappa shape index (κ3) is 4.89. The summed E-state index contributed by atoms with van der Waals surface area (Å²) in [6, 6.07) is 5.71. The van der Waals surface area contributed by atoms with Crippen LogP contribution in [0.1, 0.15) is 77.3 Å². The van der Waals surface area contributed by atoms with E-state index in [1.165, 1.54) is 0 Å². The minimum absolute atomic E-state index is 0.0981. The monoisotopic (exact) mass is 493 g/mol. The molecule has 1 heterocycles. The number of benzene rings is 1. The quantitative estimate of drug-likeness (QED) is 0.485. The summed E-state index contributed by atoms with van der Waals surface area (Å²) in [6.45, 7) is 8.50. The Morgan fingerprint density at radius 2 is 1.88 bits per heavy atom. The Morgan fingerprint density at radius 1 is 1.24 bits per heavy atom. The van der Waals surface area contributed by atoms with Crippen molar-refractivity contribution in [1.82, 2.24) is 4.90 Å². The number of rotatable bonds is 6. The molecule has 1 amide bonds. The number of carbonyl (C=O) groups is 2. The highest BCUT2D eigenvalue weighted by molar-refractivity contribution is 6.31. The number of carboxylic acids is 1. The molecule has 4 rings (SSSR count). The minimum atomic E-state index is -2.68. The Hall–Kier alpha value is -1.95. The standard InChI is InChI=1S/C27H34ClF2NO3/c1-25(2,3)8-7-16-5-6-19(11-22(16)28)26(4)14-23(32)31(20-9-17(10-20)24(33)34)15-21(26)18-12-27(29,30)13-18/h5-6,11,15,17-18,20H,7-10,12-14H2,1-4H3,(H,33,34)/t17?,20?,26-/m1/s1. The summed E-state index contributed by atoms with van der Waals surface area (Å²) in [7, 11) is 0. The lowest BCUT2D eigenvalue weighted by Crippen LogP contribution is -2.53. The Labute approximate surface area is 205 Å². The van der Waals surface area contributed by atoms with Crippen LogP contribution < -0.4 is 0 Å². The van der Waals surface area contributed by atoms with Crippen LogP contribution >= 0.6 is 11.6 Å². The second-order valence-corrected chi connectivity index (χ2v) is 12.3. The molecule has 0 saturated heterocycles. The molecular formula is C27H34ClF2NO3. The van der Waals surface area contributed by atoms with Crippen molar-refractivity contribution in [1.29, 1.82) is 0 Å². The minimum Gasteiger partial charge on any atom is -0.481 e. The molecule has 0 radical (unpaired) electrons. The summed E-state index contributed by atoms with van der Waals surface area (Å²) in [5.41, 5.74) is 2.19. The Kier molecular flexibility index (Phi) is 6.37. The molecule has 2 aliphatic carbocycles. The zero-order chi connectivity index (χ0) is 25.1. The van der Waals surface area contributed by atoms with Crippen molar-refractivity contribution in [3.8, 4) is 0 Å². The van der Waals surface area contributed by atoms with Gasteiger partial charge in [-0.25, -0.2) is 8.78 Å². The van der Waals surface area contributed by atoms with Crippen molar-refractivity contribution in [2.24, 2.45) is 17.3 Å². The number of carboxylic acid groups (broad SMARTS) is 1. The Morgan fingerprint density at radius 3 is 2.41 bits per heavy atom. The van der Waals surface area contributed by atoms with Gasteiger partial charge in [-0.05, 0) is 59.8 Å². The van der Waals surface area contributed by atoms with Gasteiger partial charge in [0.25, 0.3) is 0 Å². The SMILES string of the molecule is CC(C)(C)CCc1ccc([C@@]2(C)CC(=O)N(C3CC(C(=O)O)C3)C=C2C2CC(F)(F)C2)cc1Cl. The number of hydrogen-bond acceptors (Lipinski definition) is 2. The summed E-state index contributed by atoms with van der Waals surface area (Å²) in [5.74, 6) is -4.40. The van der Waals surface area contributed by atoms with Gasteiger partial charge in [0.2, 0.25) is 11.8 Å². The van der Waals surface area contributed by atoms with Crippen LogP contribution in [0.4, 0.5) is 8.78 Å². The van der Waals surface area contributed by atoms with Gasteiger partial charge in [0.1, 0.15) is 0 Å². The number of allylic oxidation sites excluding steroid dienone is 1. The van der Waals surface area contributed by atoms with E-state index in [1.54, 1.807) is 11.1 Å². The zero-order valence-electron chi connectivity index (χ0n) is 20.3. The molecule has 34 heavy (non-hydrogen) atoms. The molecule has 1 aliphatic heterocycles. The van der Waals surface area contributed by atoms with Gasteiger partial charge in [-0.3, -0.25) is 9.59 Å². The molecule has 2 fully saturated rings. The summed E-state index contributed by atoms with van der Waals surface area (Å²) >= 11 is 6.66. The predicted molar refractivity (Wildman–Crippen MR) is 128 cm³/mol. The number of halogens is 3. The van der Waals surface area contributed by atoms with E-state index in [9.17, 15) is 23.5 Å². The predicted octanol–water partition coefficient (Wildman–Crippen LogP) is 6.60. The van der Waals surface area contributed by atoms with E-state index in [0.717, 1.165) is 29.5 Å². The topological polar surface area (TPSA) is 57.6 Å². The Balaban J connectivity index is 1.64. The molecule has 7 heteroatoms. The van der Waals surface area contributed by atoms with Gasteiger partial charge in [0.05, 0.1) is 5.92 Å². The van der Waals surface area contributed by atoms with Crippen LogP contribution in [0, 0.1) is 17.3 Å². The van der Waals surface area contributed by atoms with Crippen molar-refractivity contribution in [2.75, 3.05) is 0 Å². The number of aryl methyl sites for hydroxylation is 1. The third-order valence-corrected chi connectivity index (χ3v) is 8.28. The molecule has 1 aromatic rings. The smallest absolute Gasteiger partial charge is 0.306 e. The highest BCUT2D eigenvalue weighted by atomic mass is 35.5. The molecule has 2 saturated carbocycles. The number of amides is 1. The normalized spacial score (nSPS) is 29.3. The van der Waals surface area contributed by atoms with E-state index < -0.39 is 23.2 Å². The third-order valence-electron chi connectivity index (χ3n) is 7.93. The van der Waals surface area contributed by atoms with E-state index in [1.807, 2.05) is 25.1 Å². The molecule has 1 atom stereocenters. The lowest BCUT2D eigenvalue weighted by atomic mass is 9.61. The van der Waals surface area contributed by atoms with Gasteiger partial charge in [0.15, 0.2) is 0 Å². The van der Waals surface area contributed by atoms with E-state index in [-0.39, 0.29) is 42.5 Å². The first-order chi connectivity index (χ1) is 15.7. The van der Waals surface area contributed by atoms with Crippen molar-refractivity contribution in [3.05, 3.63) is 46.1 Å². The maximum Gasteiger partial charge on any atom is 0.306 e. The number of hydrogen-bond donors (Lipinski definition) is 1. The molecule has 0 aromatic heterocycles. The number of carbonyl (C=O) groups excluding carboxylic acids is 1. The van der Waals surface area contributed by atoms with E-state index in [0.29, 0.717) is 17.9 Å². The molecule has 0 spiro atoms. The maximum atomic E-state index is 13.9. The van der Waals surface area contributed by atoms with Crippen LogP contribution in [0.2, 0.25) is 5.02 Å². The lowest BCUT2D eigenvalue weighted by molar-refractivity contribution is -0.150. The van der Waals surface area contributed by atoms with Crippen LogP contribution in [-0.2, 0) is 21.4 Å². The van der Waals surface area contributed by atoms with Crippen molar-refractivity contribution in [3.63, 3.8) is 0 Å². The van der Waals surface area contributed by atoms with Gasteiger partial charge in [0, 0.05) is 41.9 Å². The van der Waals surface area contributed by atoms with Gasteiger partial charge < -0.3 is 10.0 Å². The molecule has 4 nitrogen and oxygen atoms in total. The van der Waals surface area contributed by atoms with E-state index in [2.05, 4.69) is 20.8 Å². The highest BCUT2D eigenvalue weighted by Crippen LogP contribution is 2.54. The summed E-state index contributed by atoms with van der Waals surface area (Å²) < 4.78 is 27.7. The lowest BCUT2D eigenvalue weighted by Gasteiger charge is -2.50. The van der Waals surface area contributed by atoms with Gasteiger partial charge in [-0.15, -0.1) is 0 Å². The van der Waals surface area contributed by atoms with Crippen molar-refractivity contribution >= 4 is 23.5 Å². The summed E-state index contributed by atoms with van der Waals surface area (Å²) in [5, 5.41) is 9.85. The van der Waals surface area contributed by atoms with Crippen LogP contribution in [0.25, 0.3) is 0 Å². The number of aliphatic carboxylic acids is 1. The molecular weight excluding hydrogens is 460 g/mol. The summed E-state index contributed by atoms with van der Waals surface area (Å²) in [4.78, 5) is 26.1. The van der Waals surface area contributed by atoms with E-state index in [4.69, 9.17) is 11.6 Å². The molecule has 1 aromatic carbocycles. The first-order valence-corrected chi connectivity index (χ1v) is 12.5. The van der Waals surface area contributed by atoms with Crippen LogP contribution in [-0.4, -0.2) is 33.8 Å². The van der Waals surface area contributed by atoms with E-state index >= 15 is 0 Å². The molecule has 3 aliphatic rings. The fourth-order valence-corrected chi connectivity index (χ4v) is 5.77. The summed E-state index contributed by atoms with van der Waals surface area (Å²) in [6.07, 6.45) is 4.09. The number of nitrogens with zero attached hydrogens (tertiary/aromatic N) is 1. The van der Waals surface area contributed by atoms with Crippen molar-refractivity contribution < 1.29 is 23.5 Å². The molecule has 186 valence electrons. The fourth-order valence-electron chi connectivity index (χ4n) is 5.49. The van der Waals surface area contributed by atoms with Crippen LogP contribution in [0.5, 0.6) is 0 Å². The first-order valence-electron chi connectivity index (χ1n) is 12.1. The van der Waals surface area contributed by atoms with Gasteiger partial charge >= 0.3 is 5.97 Å². The van der Waals surface area contributed by atoms with Gasteiger partial charge in [-0.2, -0.15) is 0 Å². The molecule has 0 bridgehead atoms. The first kappa shape index (κ1) is 25.2. The second-order valence-electron chi connectivity index (χ2n) is 11.9. The Bertz CT molecular complexity index is 1020. The average molecular weight is 494 g/mol. The van der Waals surface area contributed by atoms with Crippen LogP contribution in [0.15, 0.2) is 30.0 Å². The zero-order valence-corrected chi connectivity index (χ0v) is 21.1. The highest BCUT2D eigenvalue weighted by Gasteiger charge is 2.53. The molecule has 0 unspecified atom stereocenters. The fraction of sp³-hybridized carbons (Fsp3) is 0.630. The van der Waals surface area contributed by atoms with Crippen molar-refractivity contribution in [2.45, 2.75) is 90.0 Å². The van der Waals surface area contributed by atoms with Gasteiger partial charge in [-0.1, -0.05) is 51.4 Å². The second kappa shape index (κ2) is 8.61. The van der Waals surface area contributed by atoms with Crippen LogP contribution in [0.3, 0.4) is 0 Å². The largest absolute Gasteiger partial charge is 0.481 e.